The highest BCUT2D eigenvalue weighted by atomic mass is 19.1. The Kier molecular flexibility index (Phi) is 3.64. The van der Waals surface area contributed by atoms with Crippen molar-refractivity contribution in [1.82, 2.24) is 9.78 Å². The van der Waals surface area contributed by atoms with Crippen molar-refractivity contribution in [1.29, 1.82) is 0 Å². The van der Waals surface area contributed by atoms with Crippen molar-refractivity contribution in [3.8, 4) is 16.9 Å². The van der Waals surface area contributed by atoms with Gasteiger partial charge in [-0.2, -0.15) is 5.10 Å². The number of halogens is 2. The summed E-state index contributed by atoms with van der Waals surface area (Å²) < 4.78 is 28.7. The molecule has 6 heteroatoms. The highest BCUT2D eigenvalue weighted by Gasteiger charge is 2.44. The van der Waals surface area contributed by atoms with Crippen LogP contribution in [0.25, 0.3) is 16.9 Å². The van der Waals surface area contributed by atoms with Crippen molar-refractivity contribution in [2.45, 2.75) is 13.8 Å². The van der Waals surface area contributed by atoms with Gasteiger partial charge in [0.05, 0.1) is 17.3 Å². The quantitative estimate of drug-likeness (QED) is 0.662. The molecule has 0 radical (unpaired) electrons. The summed E-state index contributed by atoms with van der Waals surface area (Å²) in [5.74, 6) is -1.21. The maximum absolute atomic E-state index is 14.1. The van der Waals surface area contributed by atoms with Crippen molar-refractivity contribution in [3.05, 3.63) is 66.4 Å². The number of carbonyl (C=O) groups is 1. The molecular weight excluding hydrogens is 336 g/mol. The molecule has 1 aromatic heterocycles. The molecule has 0 saturated carbocycles. The van der Waals surface area contributed by atoms with Crippen LogP contribution in [0.1, 0.15) is 13.8 Å². The monoisotopic (exact) mass is 353 g/mol. The van der Waals surface area contributed by atoms with Crippen molar-refractivity contribution < 1.29 is 13.6 Å². The highest BCUT2D eigenvalue weighted by molar-refractivity contribution is 6.04. The van der Waals surface area contributed by atoms with Crippen LogP contribution >= 0.6 is 0 Å². The van der Waals surface area contributed by atoms with Crippen molar-refractivity contribution in [2.75, 3.05) is 11.4 Å². The van der Waals surface area contributed by atoms with Crippen LogP contribution in [0.5, 0.6) is 0 Å². The summed E-state index contributed by atoms with van der Waals surface area (Å²) in [6.45, 7) is 4.54. The summed E-state index contributed by atoms with van der Waals surface area (Å²) in [7, 11) is 0. The van der Waals surface area contributed by atoms with Gasteiger partial charge in [-0.3, -0.25) is 4.79 Å². The van der Waals surface area contributed by atoms with E-state index >= 15 is 0 Å². The zero-order valence-corrected chi connectivity index (χ0v) is 14.4. The third-order valence-electron chi connectivity index (χ3n) is 4.63. The number of β-lactam (4-membered cyclic amide) rings is 1. The van der Waals surface area contributed by atoms with Crippen molar-refractivity contribution in [2.24, 2.45) is 5.41 Å². The molecule has 0 spiro atoms. The number of rotatable bonds is 3. The first-order chi connectivity index (χ1) is 12.4. The van der Waals surface area contributed by atoms with E-state index < -0.39 is 11.6 Å². The van der Waals surface area contributed by atoms with E-state index in [9.17, 15) is 13.6 Å². The third kappa shape index (κ3) is 2.58. The molecule has 4 rings (SSSR count). The number of benzene rings is 2. The second-order valence-corrected chi connectivity index (χ2v) is 7.05. The minimum absolute atomic E-state index is 0.101. The Morgan fingerprint density at radius 1 is 1.04 bits per heavy atom. The van der Waals surface area contributed by atoms with E-state index in [1.165, 1.54) is 16.8 Å². The third-order valence-corrected chi connectivity index (χ3v) is 4.63. The van der Waals surface area contributed by atoms with Crippen LogP contribution in [0.3, 0.4) is 0 Å². The number of hydrogen-bond acceptors (Lipinski definition) is 2. The fraction of sp³-hybridized carbons (Fsp3) is 0.200. The number of carbonyl (C=O) groups excluding carboxylic acids is 1. The molecule has 0 N–H and O–H groups in total. The lowest BCUT2D eigenvalue weighted by molar-refractivity contribution is -0.132. The summed E-state index contributed by atoms with van der Waals surface area (Å²) in [6, 6.07) is 12.6. The van der Waals surface area contributed by atoms with Crippen LogP contribution in [-0.4, -0.2) is 22.2 Å². The van der Waals surface area contributed by atoms with Gasteiger partial charge in [0, 0.05) is 23.9 Å². The summed E-state index contributed by atoms with van der Waals surface area (Å²) >= 11 is 0. The second-order valence-electron chi connectivity index (χ2n) is 7.05. The Morgan fingerprint density at radius 3 is 2.38 bits per heavy atom. The van der Waals surface area contributed by atoms with E-state index in [0.29, 0.717) is 12.2 Å². The van der Waals surface area contributed by atoms with E-state index in [-0.39, 0.29) is 17.0 Å². The number of amides is 1. The summed E-state index contributed by atoms with van der Waals surface area (Å²) in [6.07, 6.45) is 1.56. The average Bonchev–Trinajstić information content (AvgIpc) is 3.09. The number of hydrogen-bond donors (Lipinski definition) is 0. The van der Waals surface area contributed by atoms with Gasteiger partial charge in [-0.25, -0.2) is 13.5 Å². The average molecular weight is 353 g/mol. The van der Waals surface area contributed by atoms with E-state index in [4.69, 9.17) is 0 Å². The molecule has 0 bridgehead atoms. The van der Waals surface area contributed by atoms with E-state index in [2.05, 4.69) is 5.10 Å². The Bertz CT molecular complexity index is 993. The molecule has 2 heterocycles. The van der Waals surface area contributed by atoms with Gasteiger partial charge < -0.3 is 4.90 Å². The van der Waals surface area contributed by atoms with E-state index in [1.807, 2.05) is 38.1 Å². The molecule has 4 nitrogen and oxygen atoms in total. The fourth-order valence-electron chi connectivity index (χ4n) is 3.20. The minimum atomic E-state index is -0.681. The Hall–Kier alpha value is -3.02. The van der Waals surface area contributed by atoms with Crippen LogP contribution in [-0.2, 0) is 4.79 Å². The lowest BCUT2D eigenvalue weighted by Crippen LogP contribution is -2.58. The molecular formula is C20H17F2N3O. The molecule has 1 aliphatic heterocycles. The SMILES string of the molecule is CC1(C)CN(c2ccc(-c3ccnn3-c3ccc(F)cc3F)cc2)C1=O. The van der Waals surface area contributed by atoms with Crippen molar-refractivity contribution >= 4 is 11.6 Å². The van der Waals surface area contributed by atoms with Gasteiger partial charge in [-0.1, -0.05) is 12.1 Å². The van der Waals surface area contributed by atoms with Crippen LogP contribution < -0.4 is 4.90 Å². The number of aromatic nitrogens is 2. The molecule has 1 aliphatic rings. The predicted molar refractivity (Wildman–Crippen MR) is 95.1 cm³/mol. The lowest BCUT2D eigenvalue weighted by atomic mass is 9.82. The molecule has 0 atom stereocenters. The number of nitrogens with zero attached hydrogens (tertiary/aromatic N) is 3. The van der Waals surface area contributed by atoms with E-state index in [1.54, 1.807) is 17.2 Å². The molecule has 3 aromatic rings. The molecule has 1 amide bonds. The summed E-state index contributed by atoms with van der Waals surface area (Å²) in [5, 5.41) is 4.16. The fourth-order valence-corrected chi connectivity index (χ4v) is 3.20. The Labute approximate surface area is 149 Å². The number of anilines is 1. The molecule has 0 unspecified atom stereocenters. The van der Waals surface area contributed by atoms with Gasteiger partial charge in [0.2, 0.25) is 5.91 Å². The second kappa shape index (κ2) is 5.76. The van der Waals surface area contributed by atoms with Gasteiger partial charge in [0.15, 0.2) is 5.82 Å². The summed E-state index contributed by atoms with van der Waals surface area (Å²) in [4.78, 5) is 13.9. The van der Waals surface area contributed by atoms with Gasteiger partial charge >= 0.3 is 0 Å². The maximum atomic E-state index is 14.1. The van der Waals surface area contributed by atoms with Crippen LogP contribution in [0.2, 0.25) is 0 Å². The lowest BCUT2D eigenvalue weighted by Gasteiger charge is -2.44. The van der Waals surface area contributed by atoms with Crippen LogP contribution in [0.15, 0.2) is 54.7 Å². The van der Waals surface area contributed by atoms with Crippen LogP contribution in [0.4, 0.5) is 14.5 Å². The smallest absolute Gasteiger partial charge is 0.234 e. The van der Waals surface area contributed by atoms with Gasteiger partial charge in [0.1, 0.15) is 11.5 Å². The molecule has 1 saturated heterocycles. The molecule has 2 aromatic carbocycles. The topological polar surface area (TPSA) is 38.1 Å². The molecule has 1 fully saturated rings. The Morgan fingerprint density at radius 2 is 1.77 bits per heavy atom. The first-order valence-corrected chi connectivity index (χ1v) is 8.29. The first kappa shape index (κ1) is 16.4. The minimum Gasteiger partial charge on any atom is -0.311 e. The van der Waals surface area contributed by atoms with Crippen molar-refractivity contribution in [3.63, 3.8) is 0 Å². The summed E-state index contributed by atoms with van der Waals surface area (Å²) in [5.41, 5.74) is 2.20. The molecule has 132 valence electrons. The zero-order valence-electron chi connectivity index (χ0n) is 14.4. The largest absolute Gasteiger partial charge is 0.311 e. The normalized spacial score (nSPS) is 15.8. The molecule has 0 aliphatic carbocycles. The standard InChI is InChI=1S/C20H17F2N3O/c1-20(2)12-24(19(20)26)15-6-3-13(4-7-15)17-9-10-23-25(17)18-8-5-14(21)11-16(18)22/h3-11H,12H2,1-2H3. The highest BCUT2D eigenvalue weighted by Crippen LogP contribution is 2.36. The van der Waals surface area contributed by atoms with Gasteiger partial charge in [-0.15, -0.1) is 0 Å². The van der Waals surface area contributed by atoms with Gasteiger partial charge in [-0.05, 0) is 44.2 Å². The van der Waals surface area contributed by atoms with Crippen LogP contribution in [0, 0.1) is 17.0 Å². The van der Waals surface area contributed by atoms with E-state index in [0.717, 1.165) is 17.3 Å². The maximum Gasteiger partial charge on any atom is 0.234 e. The predicted octanol–water partition coefficient (Wildman–Crippen LogP) is 4.19. The zero-order chi connectivity index (χ0) is 18.5. The Balaban J connectivity index is 1.66. The molecule has 26 heavy (non-hydrogen) atoms. The van der Waals surface area contributed by atoms with Gasteiger partial charge in [0.25, 0.3) is 0 Å². The first-order valence-electron chi connectivity index (χ1n) is 8.29.